The lowest BCUT2D eigenvalue weighted by atomic mass is 10.2. The fraction of sp³-hybridized carbons (Fsp3) is 0.0690. The van der Waals surface area contributed by atoms with E-state index in [1.165, 1.54) is 0 Å². The number of nitrogens with zero attached hydrogens (tertiary/aromatic N) is 3. The van der Waals surface area contributed by atoms with Crippen LogP contribution in [0.3, 0.4) is 0 Å². The third kappa shape index (κ3) is 3.65. The predicted molar refractivity (Wildman–Crippen MR) is 143 cm³/mol. The molecule has 0 radical (unpaired) electrons. The van der Waals surface area contributed by atoms with Crippen LogP contribution >= 0.6 is 8.15 Å². The van der Waals surface area contributed by atoms with Crippen LogP contribution < -0.4 is 20.7 Å². The minimum Gasteiger partial charge on any atom is -0.444 e. The normalized spacial score (nSPS) is 11.5. The topological polar surface area (TPSA) is 56.5 Å². The van der Waals surface area contributed by atoms with Gasteiger partial charge in [-0.05, 0) is 49.2 Å². The molecular weight excluding hydrogens is 453 g/mol. The highest BCUT2D eigenvalue weighted by Gasteiger charge is 2.24. The molecule has 0 saturated heterocycles. The second-order valence-corrected chi connectivity index (χ2v) is 10.2. The number of rotatable bonds is 4. The van der Waals surface area contributed by atoms with Crippen LogP contribution in [0, 0.1) is 13.8 Å². The molecule has 0 bridgehead atoms. The largest absolute Gasteiger partial charge is 0.444 e. The summed E-state index contributed by atoms with van der Waals surface area (Å²) in [6, 6.07) is 31.5. The van der Waals surface area contributed by atoms with Crippen LogP contribution in [0.15, 0.2) is 102 Å². The van der Waals surface area contributed by atoms with E-state index in [0.717, 1.165) is 21.7 Å². The molecule has 0 aliphatic carbocycles. The molecule has 0 aliphatic rings. The Bertz CT molecular complexity index is 1750. The van der Waals surface area contributed by atoms with Gasteiger partial charge in [0.15, 0.2) is 8.15 Å². The first-order chi connectivity index (χ1) is 17.1. The van der Waals surface area contributed by atoms with Crippen molar-refractivity contribution in [3.8, 4) is 5.88 Å². The Morgan fingerprint density at radius 3 is 1.94 bits per heavy atom. The average Bonchev–Trinajstić information content (AvgIpc) is 2.88. The van der Waals surface area contributed by atoms with Crippen molar-refractivity contribution in [3.63, 3.8) is 0 Å². The van der Waals surface area contributed by atoms with Gasteiger partial charge < -0.3 is 4.52 Å². The van der Waals surface area contributed by atoms with Crippen LogP contribution in [0.5, 0.6) is 5.88 Å². The van der Waals surface area contributed by atoms with Crippen LogP contribution in [0.4, 0.5) is 0 Å². The van der Waals surface area contributed by atoms with Crippen molar-refractivity contribution >= 4 is 46.3 Å². The zero-order valence-corrected chi connectivity index (χ0v) is 20.2. The summed E-state index contributed by atoms with van der Waals surface area (Å²) < 4.78 is 8.43. The van der Waals surface area contributed by atoms with Crippen molar-refractivity contribution in [1.82, 2.24) is 14.4 Å². The van der Waals surface area contributed by atoms with Crippen molar-refractivity contribution in [2.75, 3.05) is 0 Å². The van der Waals surface area contributed by atoms with E-state index in [2.05, 4.69) is 38.1 Å². The summed E-state index contributed by atoms with van der Waals surface area (Å²) in [5.41, 5.74) is 4.57. The molecule has 5 nitrogen and oxygen atoms in total. The first kappa shape index (κ1) is 21.5. The molecule has 0 atom stereocenters. The summed E-state index contributed by atoms with van der Waals surface area (Å²) in [6.45, 7) is 4.18. The van der Waals surface area contributed by atoms with Gasteiger partial charge in [-0.1, -0.05) is 72.8 Å². The highest BCUT2D eigenvalue weighted by molar-refractivity contribution is 7.69. The standard InChI is InChI=1S/C29H22N3O2P/c1-19-11-3-9-17-25(19)35(26-18-10-4-12-20(26)2)34-28-27-30-22-14-6-5-13-21(22)29(33)32(27)24-16-8-7-15-23(24)31-28/h3-18H,1-2H3. The van der Waals surface area contributed by atoms with Gasteiger partial charge in [0.25, 0.3) is 11.4 Å². The van der Waals surface area contributed by atoms with E-state index < -0.39 is 8.15 Å². The SMILES string of the molecule is Cc1ccccc1P(Oc1nc2ccccc2n2c(=O)c3ccccc3nc12)c1ccccc1C. The lowest BCUT2D eigenvalue weighted by Crippen LogP contribution is -2.22. The Morgan fingerprint density at radius 1 is 0.686 bits per heavy atom. The molecule has 35 heavy (non-hydrogen) atoms. The number of fused-ring (bicyclic) bond motifs is 4. The molecule has 0 fully saturated rings. The zero-order valence-electron chi connectivity index (χ0n) is 19.3. The van der Waals surface area contributed by atoms with Gasteiger partial charge in [0, 0.05) is 10.6 Å². The summed E-state index contributed by atoms with van der Waals surface area (Å²) in [4.78, 5) is 23.4. The fourth-order valence-electron chi connectivity index (χ4n) is 4.37. The van der Waals surface area contributed by atoms with Crippen molar-refractivity contribution < 1.29 is 4.52 Å². The Balaban J connectivity index is 1.67. The van der Waals surface area contributed by atoms with Gasteiger partial charge in [-0.15, -0.1) is 0 Å². The highest BCUT2D eigenvalue weighted by Crippen LogP contribution is 2.39. The zero-order chi connectivity index (χ0) is 23.9. The van der Waals surface area contributed by atoms with E-state index >= 15 is 0 Å². The summed E-state index contributed by atoms with van der Waals surface area (Å²) in [6.07, 6.45) is 0. The van der Waals surface area contributed by atoms with E-state index in [4.69, 9.17) is 14.5 Å². The number of hydrogen-bond donors (Lipinski definition) is 0. The summed E-state index contributed by atoms with van der Waals surface area (Å²) in [7, 11) is -1.27. The second-order valence-electron chi connectivity index (χ2n) is 8.46. The molecule has 0 spiro atoms. The van der Waals surface area contributed by atoms with Crippen LogP contribution in [0.2, 0.25) is 0 Å². The van der Waals surface area contributed by atoms with Gasteiger partial charge in [0.05, 0.1) is 21.9 Å². The second kappa shape index (κ2) is 8.61. The molecule has 2 aromatic heterocycles. The van der Waals surface area contributed by atoms with Crippen molar-refractivity contribution in [2.24, 2.45) is 0 Å². The van der Waals surface area contributed by atoms with Gasteiger partial charge in [-0.3, -0.25) is 9.20 Å². The van der Waals surface area contributed by atoms with Crippen molar-refractivity contribution in [2.45, 2.75) is 13.8 Å². The molecule has 0 unspecified atom stereocenters. The summed E-state index contributed by atoms with van der Waals surface area (Å²) in [5.74, 6) is 0.351. The number of aryl methyl sites for hydroxylation is 2. The Hall–Kier alpha value is -4.08. The molecule has 0 aliphatic heterocycles. The maximum atomic E-state index is 13.6. The maximum absolute atomic E-state index is 13.6. The number of hydrogen-bond acceptors (Lipinski definition) is 4. The molecule has 0 amide bonds. The lowest BCUT2D eigenvalue weighted by molar-refractivity contribution is 0.605. The Morgan fingerprint density at radius 2 is 1.26 bits per heavy atom. The van der Waals surface area contributed by atoms with E-state index in [-0.39, 0.29) is 5.56 Å². The Labute approximate surface area is 203 Å². The number of aromatic nitrogens is 3. The molecule has 6 heteroatoms. The first-order valence-electron chi connectivity index (χ1n) is 11.4. The molecule has 4 aromatic carbocycles. The first-order valence-corrected chi connectivity index (χ1v) is 12.7. The van der Waals surface area contributed by atoms with Crippen molar-refractivity contribution in [3.05, 3.63) is 119 Å². The average molecular weight is 475 g/mol. The van der Waals surface area contributed by atoms with Crippen molar-refractivity contribution in [1.29, 1.82) is 0 Å². The van der Waals surface area contributed by atoms with E-state index in [9.17, 15) is 4.79 Å². The smallest absolute Gasteiger partial charge is 0.266 e. The molecule has 0 N–H and O–H groups in total. The predicted octanol–water partition coefficient (Wildman–Crippen LogP) is 5.44. The van der Waals surface area contributed by atoms with Gasteiger partial charge in [0.1, 0.15) is 0 Å². The van der Waals surface area contributed by atoms with Gasteiger partial charge in [0.2, 0.25) is 5.65 Å². The minimum atomic E-state index is -1.27. The monoisotopic (exact) mass is 475 g/mol. The third-order valence-corrected chi connectivity index (χ3v) is 8.39. The van der Waals surface area contributed by atoms with Crippen LogP contribution in [0.1, 0.15) is 11.1 Å². The van der Waals surface area contributed by atoms with E-state index in [0.29, 0.717) is 33.5 Å². The summed E-state index contributed by atoms with van der Waals surface area (Å²) >= 11 is 0. The summed E-state index contributed by atoms with van der Waals surface area (Å²) in [5, 5.41) is 2.77. The minimum absolute atomic E-state index is 0.134. The molecular formula is C29H22N3O2P. The fourth-order valence-corrected chi connectivity index (χ4v) is 6.35. The van der Waals surface area contributed by atoms with Gasteiger partial charge in [-0.25, -0.2) is 9.97 Å². The molecule has 6 rings (SSSR count). The van der Waals surface area contributed by atoms with Crippen LogP contribution in [-0.2, 0) is 0 Å². The van der Waals surface area contributed by atoms with Crippen LogP contribution in [-0.4, -0.2) is 14.4 Å². The quantitative estimate of drug-likeness (QED) is 0.194. The van der Waals surface area contributed by atoms with Gasteiger partial charge >= 0.3 is 0 Å². The van der Waals surface area contributed by atoms with Crippen LogP contribution in [0.25, 0.3) is 27.6 Å². The molecule has 170 valence electrons. The third-order valence-electron chi connectivity index (χ3n) is 6.16. The Kier molecular flexibility index (Phi) is 5.28. The molecule has 2 heterocycles. The van der Waals surface area contributed by atoms with Gasteiger partial charge in [-0.2, -0.15) is 0 Å². The van der Waals surface area contributed by atoms with E-state index in [1.807, 2.05) is 66.7 Å². The number of benzene rings is 4. The van der Waals surface area contributed by atoms with E-state index in [1.54, 1.807) is 10.5 Å². The maximum Gasteiger partial charge on any atom is 0.266 e. The lowest BCUT2D eigenvalue weighted by Gasteiger charge is -2.22. The highest BCUT2D eigenvalue weighted by atomic mass is 31.1. The molecule has 6 aromatic rings. The molecule has 0 saturated carbocycles. The number of para-hydroxylation sites is 3.